The maximum Gasteiger partial charge on any atom is 0.152 e. The molecule has 2 aromatic heterocycles. The topological polar surface area (TPSA) is 49.8 Å². The van der Waals surface area contributed by atoms with Crippen LogP contribution in [0.15, 0.2) is 12.4 Å². The molecule has 0 saturated heterocycles. The highest BCUT2D eigenvalue weighted by Gasteiger charge is 2.09. The summed E-state index contributed by atoms with van der Waals surface area (Å²) < 4.78 is 0. The van der Waals surface area contributed by atoms with Crippen LogP contribution in [0.2, 0.25) is 0 Å². The van der Waals surface area contributed by atoms with Crippen molar-refractivity contribution in [3.05, 3.63) is 22.1 Å². The lowest BCUT2D eigenvalue weighted by Gasteiger charge is -1.89. The van der Waals surface area contributed by atoms with Gasteiger partial charge in [-0.15, -0.1) is 22.7 Å². The van der Waals surface area contributed by atoms with Gasteiger partial charge in [-0.2, -0.15) is 0 Å². The molecule has 0 unspecified atom stereocenters. The van der Waals surface area contributed by atoms with Crippen molar-refractivity contribution in [2.24, 2.45) is 0 Å². The van der Waals surface area contributed by atoms with Gasteiger partial charge in [0.15, 0.2) is 10.0 Å². The largest absolute Gasteiger partial charge is 0.242 e. The lowest BCUT2D eigenvalue weighted by Crippen LogP contribution is -1.94. The van der Waals surface area contributed by atoms with Crippen molar-refractivity contribution in [2.75, 3.05) is 0 Å². The predicted molar refractivity (Wildman–Crippen MR) is 68.6 cm³/mol. The van der Waals surface area contributed by atoms with Gasteiger partial charge in [0.1, 0.15) is 0 Å². The second kappa shape index (κ2) is 5.90. The molecular weight excluding hydrogens is 287 g/mol. The Morgan fingerprint density at radius 1 is 0.938 bits per heavy atom. The van der Waals surface area contributed by atoms with E-state index >= 15 is 0 Å². The molecule has 8 heteroatoms. The summed E-state index contributed by atoms with van der Waals surface area (Å²) in [4.78, 5) is 15.9. The molecule has 0 spiro atoms. The zero-order valence-electron chi connectivity index (χ0n) is 8.04. The molecular formula is C8H8Cl2N4S2. The standard InChI is InChI=1S/C8H8Cl2N4S2/c9-13-3-5-1-11-7(15-5)8-12-2-6(16-8)4-14-10/h1-2,13-14H,3-4H2. The fourth-order valence-corrected chi connectivity index (χ4v) is 3.29. The average molecular weight is 295 g/mol. The van der Waals surface area contributed by atoms with Crippen molar-refractivity contribution in [1.29, 1.82) is 0 Å². The van der Waals surface area contributed by atoms with E-state index in [0.29, 0.717) is 13.1 Å². The molecule has 16 heavy (non-hydrogen) atoms. The van der Waals surface area contributed by atoms with E-state index in [1.807, 2.05) is 0 Å². The van der Waals surface area contributed by atoms with Crippen LogP contribution >= 0.6 is 46.2 Å². The quantitative estimate of drug-likeness (QED) is 0.833. The first kappa shape index (κ1) is 12.2. The Balaban J connectivity index is 2.14. The van der Waals surface area contributed by atoms with E-state index in [0.717, 1.165) is 19.8 Å². The van der Waals surface area contributed by atoms with Gasteiger partial charge in [0, 0.05) is 35.2 Å². The van der Waals surface area contributed by atoms with E-state index in [2.05, 4.69) is 19.6 Å². The van der Waals surface area contributed by atoms with Crippen molar-refractivity contribution in [3.8, 4) is 10.0 Å². The summed E-state index contributed by atoms with van der Waals surface area (Å²) in [5.74, 6) is 0. The maximum absolute atomic E-state index is 5.43. The molecule has 0 aromatic carbocycles. The molecule has 0 aliphatic rings. The van der Waals surface area contributed by atoms with Gasteiger partial charge in [-0.3, -0.25) is 0 Å². The van der Waals surface area contributed by atoms with Gasteiger partial charge in [-0.05, 0) is 23.6 Å². The number of thiazole rings is 2. The molecule has 0 amide bonds. The summed E-state index contributed by atoms with van der Waals surface area (Å²) in [5, 5.41) is 1.82. The summed E-state index contributed by atoms with van der Waals surface area (Å²) in [7, 11) is 0. The molecule has 0 saturated carbocycles. The number of hydrogen-bond acceptors (Lipinski definition) is 6. The van der Waals surface area contributed by atoms with Gasteiger partial charge in [-0.25, -0.2) is 19.6 Å². The van der Waals surface area contributed by atoms with Gasteiger partial charge >= 0.3 is 0 Å². The maximum atomic E-state index is 5.43. The van der Waals surface area contributed by atoms with Crippen LogP contribution in [0.4, 0.5) is 0 Å². The lowest BCUT2D eigenvalue weighted by molar-refractivity contribution is 0.982. The molecule has 4 nitrogen and oxygen atoms in total. The van der Waals surface area contributed by atoms with Crippen LogP contribution in [0.5, 0.6) is 0 Å². The number of aromatic nitrogens is 2. The van der Waals surface area contributed by atoms with E-state index < -0.39 is 0 Å². The van der Waals surface area contributed by atoms with Crippen LogP contribution in [0.25, 0.3) is 10.0 Å². The van der Waals surface area contributed by atoms with Crippen LogP contribution < -0.4 is 9.67 Å². The number of nitrogens with one attached hydrogen (secondary N) is 2. The van der Waals surface area contributed by atoms with Gasteiger partial charge < -0.3 is 0 Å². The highest BCUT2D eigenvalue weighted by Crippen LogP contribution is 2.29. The van der Waals surface area contributed by atoms with Crippen molar-refractivity contribution < 1.29 is 0 Å². The van der Waals surface area contributed by atoms with Gasteiger partial charge in [-0.1, -0.05) is 0 Å². The minimum atomic E-state index is 0.612. The van der Waals surface area contributed by atoms with Crippen LogP contribution in [-0.4, -0.2) is 9.97 Å². The summed E-state index contributed by atoms with van der Waals surface area (Å²) in [5.41, 5.74) is 0. The normalized spacial score (nSPS) is 10.9. The third kappa shape index (κ3) is 2.91. The fraction of sp³-hybridized carbons (Fsp3) is 0.250. The first-order valence-corrected chi connectivity index (χ1v) is 6.79. The zero-order valence-corrected chi connectivity index (χ0v) is 11.2. The monoisotopic (exact) mass is 294 g/mol. The Morgan fingerprint density at radius 2 is 1.38 bits per heavy atom. The van der Waals surface area contributed by atoms with Gasteiger partial charge in [0.05, 0.1) is 0 Å². The summed E-state index contributed by atoms with van der Waals surface area (Å²) >= 11 is 14.0. The Hall–Kier alpha value is -0.240. The summed E-state index contributed by atoms with van der Waals surface area (Å²) in [6.45, 7) is 1.22. The molecule has 2 N–H and O–H groups in total. The Kier molecular flexibility index (Phi) is 4.51. The second-order valence-electron chi connectivity index (χ2n) is 2.88. The molecule has 0 bridgehead atoms. The minimum Gasteiger partial charge on any atom is -0.242 e. The van der Waals surface area contributed by atoms with Crippen molar-refractivity contribution in [1.82, 2.24) is 19.6 Å². The minimum absolute atomic E-state index is 0.612. The second-order valence-corrected chi connectivity index (χ2v) is 5.65. The summed E-state index contributed by atoms with van der Waals surface area (Å²) in [6, 6.07) is 0. The average Bonchev–Trinajstić information content (AvgIpc) is 2.87. The third-order valence-corrected chi connectivity index (χ3v) is 4.18. The number of rotatable bonds is 5. The van der Waals surface area contributed by atoms with Gasteiger partial charge in [0.25, 0.3) is 0 Å². The zero-order chi connectivity index (χ0) is 11.4. The molecule has 2 rings (SSSR count). The molecule has 2 aromatic rings. The van der Waals surface area contributed by atoms with Crippen LogP contribution in [-0.2, 0) is 13.1 Å². The van der Waals surface area contributed by atoms with Crippen LogP contribution in [0.1, 0.15) is 9.75 Å². The van der Waals surface area contributed by atoms with E-state index in [-0.39, 0.29) is 0 Å². The highest BCUT2D eigenvalue weighted by molar-refractivity contribution is 7.21. The van der Waals surface area contributed by atoms with Gasteiger partial charge in [0.2, 0.25) is 0 Å². The SMILES string of the molecule is ClNCc1cnc(-c2ncc(CNCl)s2)s1. The van der Waals surface area contributed by atoms with Crippen molar-refractivity contribution >= 4 is 46.2 Å². The molecule has 86 valence electrons. The Labute approximate surface area is 111 Å². The number of nitrogens with zero attached hydrogens (tertiary/aromatic N) is 2. The lowest BCUT2D eigenvalue weighted by atomic mass is 10.6. The molecule has 0 radical (unpaired) electrons. The fourth-order valence-electron chi connectivity index (χ4n) is 1.11. The van der Waals surface area contributed by atoms with Crippen molar-refractivity contribution in [3.63, 3.8) is 0 Å². The molecule has 0 aliphatic heterocycles. The Bertz CT molecular complexity index is 414. The molecule has 2 heterocycles. The molecule has 0 fully saturated rings. The summed E-state index contributed by atoms with van der Waals surface area (Å²) in [6.07, 6.45) is 3.60. The van der Waals surface area contributed by atoms with Crippen LogP contribution in [0.3, 0.4) is 0 Å². The first-order valence-electron chi connectivity index (χ1n) is 4.40. The number of hydrogen-bond donors (Lipinski definition) is 2. The van der Waals surface area contributed by atoms with E-state index in [1.165, 1.54) is 0 Å². The van der Waals surface area contributed by atoms with Crippen LogP contribution in [0, 0.1) is 0 Å². The molecule has 0 aliphatic carbocycles. The first-order chi connectivity index (χ1) is 7.83. The predicted octanol–water partition coefficient (Wildman–Crippen LogP) is 2.75. The Morgan fingerprint density at radius 3 is 1.75 bits per heavy atom. The van der Waals surface area contributed by atoms with E-state index in [4.69, 9.17) is 23.6 Å². The third-order valence-electron chi connectivity index (χ3n) is 1.77. The van der Waals surface area contributed by atoms with E-state index in [1.54, 1.807) is 35.1 Å². The highest BCUT2D eigenvalue weighted by atomic mass is 35.5. The number of halogens is 2. The smallest absolute Gasteiger partial charge is 0.152 e. The van der Waals surface area contributed by atoms with Crippen molar-refractivity contribution in [2.45, 2.75) is 13.1 Å². The molecule has 0 atom stereocenters. The van der Waals surface area contributed by atoms with E-state index in [9.17, 15) is 0 Å².